The predicted molar refractivity (Wildman–Crippen MR) is 343 cm³/mol. The van der Waals surface area contributed by atoms with Crippen LogP contribution in [0, 0.1) is 24.7 Å². The highest BCUT2D eigenvalue weighted by molar-refractivity contribution is 6.31. The number of nitrogens with zero attached hydrogens (tertiary/aromatic N) is 6. The van der Waals surface area contributed by atoms with Gasteiger partial charge in [-0.05, 0) is 120 Å². The molecule has 26 heteroatoms. The first-order valence-corrected chi connectivity index (χ1v) is 33.0. The third-order valence-electron chi connectivity index (χ3n) is 19.3. The molecule has 2 saturated carbocycles. The van der Waals surface area contributed by atoms with Crippen molar-refractivity contribution >= 4 is 76.6 Å². The van der Waals surface area contributed by atoms with Crippen molar-refractivity contribution < 1.29 is 65.9 Å². The SMILES string of the molecule is CC[C@H](C)[C@@H]1NC(=O)[C@H](CC(C)C)N(C)C(=O)C[C@@H](C)NC(=O)[C@H](C2CCCC2)N(C)C(=O)C2(CCCC2)NC(=O)[C@H](C)NC(=O)[C@H](CCc2ccc(C(F)(F)F)c(Cl)c2)NC(=O)CN(C)C(=O)[C@H](Cc2ccc(C)cc2)N(C)C(=O)C2CCN2C(=O)[C@H](C)N(C)C1=O. The van der Waals surface area contributed by atoms with Crippen LogP contribution in [0.15, 0.2) is 42.5 Å². The van der Waals surface area contributed by atoms with E-state index in [1.165, 1.54) is 79.7 Å². The third-order valence-corrected chi connectivity index (χ3v) is 19.6. The molecule has 1 spiro atoms. The van der Waals surface area contributed by atoms with Crippen molar-refractivity contribution in [2.75, 3.05) is 48.3 Å². The molecule has 4 fully saturated rings. The molecule has 2 aliphatic heterocycles. The van der Waals surface area contributed by atoms with Crippen LogP contribution < -0.4 is 26.6 Å². The third kappa shape index (κ3) is 18.5. The Balaban J connectivity index is 1.37. The van der Waals surface area contributed by atoms with Gasteiger partial charge >= 0.3 is 6.18 Å². The molecule has 4 aliphatic rings. The van der Waals surface area contributed by atoms with Crippen molar-refractivity contribution in [3.8, 4) is 0 Å². The highest BCUT2D eigenvalue weighted by Crippen LogP contribution is 2.37. The van der Waals surface area contributed by atoms with E-state index in [-0.39, 0.29) is 75.3 Å². The average Bonchev–Trinajstić information content (AvgIpc) is 1.74. The van der Waals surface area contributed by atoms with Crippen LogP contribution in [0.5, 0.6) is 0 Å². The van der Waals surface area contributed by atoms with Gasteiger partial charge in [-0.25, -0.2) is 0 Å². The fourth-order valence-corrected chi connectivity index (χ4v) is 13.4. The second kappa shape index (κ2) is 32.2. The van der Waals surface area contributed by atoms with Gasteiger partial charge in [-0.2, -0.15) is 13.2 Å². The molecule has 10 atom stereocenters. The highest BCUT2D eigenvalue weighted by atomic mass is 35.5. The molecule has 2 heterocycles. The zero-order chi connectivity index (χ0) is 69.1. The smallest absolute Gasteiger partial charge is 0.351 e. The summed E-state index contributed by atoms with van der Waals surface area (Å²) >= 11 is 6.08. The Labute approximate surface area is 549 Å². The van der Waals surface area contributed by atoms with Crippen molar-refractivity contribution in [3.63, 3.8) is 0 Å². The maximum atomic E-state index is 15.1. The van der Waals surface area contributed by atoms with Crippen LogP contribution in [0.3, 0.4) is 0 Å². The number of benzene rings is 2. The molecule has 0 radical (unpaired) electrons. The predicted octanol–water partition coefficient (Wildman–Crippen LogP) is 5.32. The molecule has 1 unspecified atom stereocenters. The monoisotopic (exact) mass is 1320 g/mol. The second-order valence-corrected chi connectivity index (χ2v) is 27.2. The maximum absolute atomic E-state index is 15.1. The van der Waals surface area contributed by atoms with E-state index in [9.17, 15) is 61.1 Å². The van der Waals surface area contributed by atoms with Gasteiger partial charge in [0.1, 0.15) is 53.9 Å². The molecule has 0 bridgehead atoms. The van der Waals surface area contributed by atoms with Gasteiger partial charge in [-0.15, -0.1) is 0 Å². The first-order chi connectivity index (χ1) is 43.6. The molecule has 514 valence electrons. The summed E-state index contributed by atoms with van der Waals surface area (Å²) in [6.07, 6.45) is -0.247. The van der Waals surface area contributed by atoms with Gasteiger partial charge in [0.2, 0.25) is 65.0 Å². The van der Waals surface area contributed by atoms with E-state index >= 15 is 4.79 Å². The minimum absolute atomic E-state index is 0.0360. The van der Waals surface area contributed by atoms with E-state index in [2.05, 4.69) is 26.6 Å². The zero-order valence-electron chi connectivity index (χ0n) is 56.2. The number of carbonyl (C=O) groups is 11. The summed E-state index contributed by atoms with van der Waals surface area (Å²) in [4.78, 5) is 168. The van der Waals surface area contributed by atoms with Crippen LogP contribution in [-0.4, -0.2) is 203 Å². The summed E-state index contributed by atoms with van der Waals surface area (Å²) in [5, 5.41) is 13.5. The molecule has 11 amide bonds. The molecule has 6 rings (SSSR count). The summed E-state index contributed by atoms with van der Waals surface area (Å²) < 4.78 is 41.2. The number of likely N-dealkylation sites (N-methyl/N-ethyl adjacent to an activating group) is 5. The summed E-state index contributed by atoms with van der Waals surface area (Å²) in [5.41, 5.74) is -0.745. The highest BCUT2D eigenvalue weighted by Gasteiger charge is 2.50. The lowest BCUT2D eigenvalue weighted by atomic mass is 9.90. The summed E-state index contributed by atoms with van der Waals surface area (Å²) in [6, 6.07) is -0.0492. The van der Waals surface area contributed by atoms with E-state index in [0.29, 0.717) is 37.7 Å². The van der Waals surface area contributed by atoms with Gasteiger partial charge < -0.3 is 56.0 Å². The molecule has 22 nitrogen and oxygen atoms in total. The number of amides is 11. The maximum Gasteiger partial charge on any atom is 0.417 e. The van der Waals surface area contributed by atoms with Gasteiger partial charge in [0, 0.05) is 60.7 Å². The van der Waals surface area contributed by atoms with Crippen LogP contribution in [0.2, 0.25) is 5.02 Å². The van der Waals surface area contributed by atoms with Crippen LogP contribution >= 0.6 is 11.6 Å². The number of hydrogen-bond acceptors (Lipinski definition) is 11. The first kappa shape index (κ1) is 74.7. The quantitative estimate of drug-likeness (QED) is 0.203. The Morgan fingerprint density at radius 3 is 1.86 bits per heavy atom. The molecular weight excluding hydrogens is 1230 g/mol. The first-order valence-electron chi connectivity index (χ1n) is 32.7. The van der Waals surface area contributed by atoms with E-state index in [4.69, 9.17) is 11.6 Å². The van der Waals surface area contributed by atoms with Crippen molar-refractivity contribution in [1.82, 2.24) is 56.0 Å². The number of rotatable bonds is 10. The zero-order valence-corrected chi connectivity index (χ0v) is 56.9. The molecule has 2 aromatic rings. The minimum atomic E-state index is -4.76. The lowest BCUT2D eigenvalue weighted by Gasteiger charge is -2.45. The summed E-state index contributed by atoms with van der Waals surface area (Å²) in [6.45, 7) is 13.3. The normalized spacial score (nSPS) is 27.0. The lowest BCUT2D eigenvalue weighted by molar-refractivity contribution is -0.160. The van der Waals surface area contributed by atoms with Crippen LogP contribution in [-0.2, 0) is 71.8 Å². The Kier molecular flexibility index (Phi) is 25.9. The second-order valence-electron chi connectivity index (χ2n) is 26.8. The Hall–Kier alpha value is -7.31. The molecular formula is C67H97ClF3N11O11. The molecule has 2 aromatic carbocycles. The molecule has 2 saturated heterocycles. The van der Waals surface area contributed by atoms with Gasteiger partial charge in [0.15, 0.2) is 0 Å². The number of alkyl halides is 3. The van der Waals surface area contributed by atoms with Crippen molar-refractivity contribution in [3.05, 3.63) is 69.7 Å². The van der Waals surface area contributed by atoms with Gasteiger partial charge in [-0.3, -0.25) is 52.7 Å². The number of carbonyl (C=O) groups excluding carboxylic acids is 11. The summed E-state index contributed by atoms with van der Waals surface area (Å²) in [5.74, 6) is -7.98. The number of halogens is 4. The van der Waals surface area contributed by atoms with E-state index in [1.54, 1.807) is 26.0 Å². The number of hydrogen-bond donors (Lipinski definition) is 5. The molecule has 0 aromatic heterocycles. The fraction of sp³-hybridized carbons (Fsp3) is 0.657. The number of fused-ring (bicyclic) bond motifs is 1. The Bertz CT molecular complexity index is 3070. The Morgan fingerprint density at radius 2 is 1.29 bits per heavy atom. The molecule has 5 N–H and O–H groups in total. The van der Waals surface area contributed by atoms with Crippen molar-refractivity contribution in [2.45, 2.75) is 218 Å². The topological polar surface area (TPSA) is 267 Å². The minimum Gasteiger partial charge on any atom is -0.351 e. The van der Waals surface area contributed by atoms with Crippen molar-refractivity contribution in [1.29, 1.82) is 0 Å². The average molecular weight is 1330 g/mol. The molecule has 2 aliphatic carbocycles. The van der Waals surface area contributed by atoms with Gasteiger partial charge in [0.25, 0.3) is 0 Å². The van der Waals surface area contributed by atoms with Crippen LogP contribution in [0.1, 0.15) is 154 Å². The van der Waals surface area contributed by atoms with Crippen molar-refractivity contribution in [2.24, 2.45) is 17.8 Å². The fourth-order valence-electron chi connectivity index (χ4n) is 13.1. The number of nitrogens with one attached hydrogen (secondary N) is 5. The van der Waals surface area contributed by atoms with Gasteiger partial charge in [-0.1, -0.05) is 107 Å². The van der Waals surface area contributed by atoms with Crippen LogP contribution in [0.25, 0.3) is 0 Å². The largest absolute Gasteiger partial charge is 0.417 e. The van der Waals surface area contributed by atoms with E-state index < -0.39 is 154 Å². The number of aryl methyl sites for hydroxylation is 2. The lowest BCUT2D eigenvalue weighted by Crippen LogP contribution is -2.65. The standard InChI is InChI=1S/C67H97ClF3N11O11/c1-14-40(5)55-64(92)78(10)43(8)61(89)82-32-29-50(82)63(91)80(12)52(36-45-23-21-39(4)22-24-45)62(90)77(9)37-53(83)74-49(28-26-44-25-27-47(48(68)35-44)67(69,70)71)58(86)73-42(7)57(85)76-66(30-17-18-31-66)65(93)81(13)56(46-19-15-16-20-46)60(88)72-41(6)34-54(84)79(11)51(33-38(2)3)59(87)75-55/h21-25,27,35,38,40-43,46,49-52,55-56H,14-20,26,28-34,36-37H2,1-13H3,(H,72,88)(H,73,86)(H,74,83)(H,75,87)(H,76,85)/t40-,41+,42-,43-,49-,50?,51-,52-,55-,56-/m0/s1. The molecule has 93 heavy (non-hydrogen) atoms. The summed E-state index contributed by atoms with van der Waals surface area (Å²) in [7, 11) is 7.17. The van der Waals surface area contributed by atoms with Gasteiger partial charge in [0.05, 0.1) is 17.1 Å². The van der Waals surface area contributed by atoms with E-state index in [1.807, 2.05) is 39.8 Å². The Morgan fingerprint density at radius 1 is 0.667 bits per heavy atom. The van der Waals surface area contributed by atoms with E-state index in [0.717, 1.165) is 35.4 Å². The van der Waals surface area contributed by atoms with Crippen LogP contribution in [0.4, 0.5) is 13.2 Å².